The maximum absolute atomic E-state index is 5.70. The number of aryl methyl sites for hydroxylation is 1. The molecule has 15 heavy (non-hydrogen) atoms. The van der Waals surface area contributed by atoms with Crippen LogP contribution in [0.15, 0.2) is 24.3 Å². The van der Waals surface area contributed by atoms with Crippen molar-refractivity contribution >= 4 is 5.57 Å². The molecule has 0 aliphatic heterocycles. The molecule has 0 N–H and O–H groups in total. The third-order valence-electron chi connectivity index (χ3n) is 2.74. The average molecular weight is 202 g/mol. The molecule has 0 amide bonds. The molecule has 0 spiro atoms. The molecule has 2 rings (SSSR count). The fourth-order valence-electron chi connectivity index (χ4n) is 2.06. The zero-order chi connectivity index (χ0) is 10.8. The third kappa shape index (κ3) is 2.23. The van der Waals surface area contributed by atoms with E-state index in [4.69, 9.17) is 4.74 Å². The van der Waals surface area contributed by atoms with Crippen molar-refractivity contribution in [3.8, 4) is 5.75 Å². The lowest BCUT2D eigenvalue weighted by molar-refractivity contribution is 0.242. The van der Waals surface area contributed by atoms with Crippen molar-refractivity contribution in [3.05, 3.63) is 35.4 Å². The van der Waals surface area contributed by atoms with Gasteiger partial charge >= 0.3 is 0 Å². The van der Waals surface area contributed by atoms with E-state index in [0.29, 0.717) is 0 Å². The molecule has 0 radical (unpaired) electrons. The van der Waals surface area contributed by atoms with Gasteiger partial charge in [-0.1, -0.05) is 12.1 Å². The van der Waals surface area contributed by atoms with Crippen LogP contribution < -0.4 is 4.74 Å². The molecule has 0 aromatic heterocycles. The molecule has 1 heteroatoms. The van der Waals surface area contributed by atoms with Crippen LogP contribution in [0.5, 0.6) is 5.75 Å². The molecule has 1 aliphatic carbocycles. The fourth-order valence-corrected chi connectivity index (χ4v) is 2.06. The first-order chi connectivity index (χ1) is 7.16. The van der Waals surface area contributed by atoms with Crippen LogP contribution in [0.1, 0.15) is 38.3 Å². The van der Waals surface area contributed by atoms with Crippen LogP contribution in [-0.4, -0.2) is 6.10 Å². The molecule has 0 atom stereocenters. The molecule has 0 unspecified atom stereocenters. The number of ether oxygens (including phenoxy) is 1. The van der Waals surface area contributed by atoms with Crippen molar-refractivity contribution in [3.63, 3.8) is 0 Å². The van der Waals surface area contributed by atoms with Crippen LogP contribution in [0.25, 0.3) is 5.57 Å². The second-order valence-electron chi connectivity index (χ2n) is 4.41. The van der Waals surface area contributed by atoms with Gasteiger partial charge in [0, 0.05) is 0 Å². The Labute approximate surface area is 91.8 Å². The predicted octanol–water partition coefficient (Wildman–Crippen LogP) is 3.82. The van der Waals surface area contributed by atoms with E-state index in [-0.39, 0.29) is 6.10 Å². The maximum Gasteiger partial charge on any atom is 0.120 e. The second-order valence-corrected chi connectivity index (χ2v) is 4.41. The van der Waals surface area contributed by atoms with Crippen LogP contribution in [0.3, 0.4) is 0 Å². The first-order valence-electron chi connectivity index (χ1n) is 5.63. The zero-order valence-electron chi connectivity index (χ0n) is 9.71. The highest BCUT2D eigenvalue weighted by Crippen LogP contribution is 2.29. The van der Waals surface area contributed by atoms with Gasteiger partial charge in [-0.25, -0.2) is 0 Å². The molecule has 0 saturated carbocycles. The Bertz CT molecular complexity index is 388. The van der Waals surface area contributed by atoms with Gasteiger partial charge in [0.2, 0.25) is 0 Å². The number of allylic oxidation sites excluding steroid dienone is 2. The Kier molecular flexibility index (Phi) is 2.81. The highest BCUT2D eigenvalue weighted by molar-refractivity contribution is 5.69. The number of fused-ring (bicyclic) bond motifs is 1. The molecular weight excluding hydrogens is 184 g/mol. The number of hydrogen-bond donors (Lipinski definition) is 0. The Morgan fingerprint density at radius 2 is 2.07 bits per heavy atom. The first kappa shape index (κ1) is 10.3. The highest BCUT2D eigenvalue weighted by Gasteiger charge is 2.10. The summed E-state index contributed by atoms with van der Waals surface area (Å²) in [5.41, 5.74) is 4.21. The fraction of sp³-hybridized carbons (Fsp3) is 0.429. The van der Waals surface area contributed by atoms with Gasteiger partial charge in [0.1, 0.15) is 5.75 Å². The van der Waals surface area contributed by atoms with Crippen molar-refractivity contribution in [1.82, 2.24) is 0 Å². The van der Waals surface area contributed by atoms with E-state index in [0.717, 1.165) is 18.6 Å². The minimum atomic E-state index is 0.253. The van der Waals surface area contributed by atoms with E-state index in [1.165, 1.54) is 16.7 Å². The van der Waals surface area contributed by atoms with Gasteiger partial charge in [0.15, 0.2) is 0 Å². The molecule has 0 heterocycles. The van der Waals surface area contributed by atoms with Crippen LogP contribution in [-0.2, 0) is 6.42 Å². The molecule has 1 aromatic rings. The standard InChI is InChI=1S/C14H18O/c1-10(2)15-13-7-8-14-11(3)5-4-6-12(14)9-13/h5,7-10H,4,6H2,1-3H3. The minimum absolute atomic E-state index is 0.253. The number of benzene rings is 1. The summed E-state index contributed by atoms with van der Waals surface area (Å²) in [4.78, 5) is 0. The number of hydrogen-bond acceptors (Lipinski definition) is 1. The average Bonchev–Trinajstić information content (AvgIpc) is 2.17. The summed E-state index contributed by atoms with van der Waals surface area (Å²) in [5.74, 6) is 0.999. The largest absolute Gasteiger partial charge is 0.491 e. The molecule has 1 aromatic carbocycles. The van der Waals surface area contributed by atoms with E-state index in [1.54, 1.807) is 0 Å². The van der Waals surface area contributed by atoms with Gasteiger partial charge in [-0.3, -0.25) is 0 Å². The Balaban J connectivity index is 2.31. The van der Waals surface area contributed by atoms with Crippen molar-refractivity contribution in [2.75, 3.05) is 0 Å². The van der Waals surface area contributed by atoms with Crippen LogP contribution in [0.2, 0.25) is 0 Å². The first-order valence-corrected chi connectivity index (χ1v) is 5.63. The summed E-state index contributed by atoms with van der Waals surface area (Å²) >= 11 is 0. The predicted molar refractivity (Wildman–Crippen MR) is 64.2 cm³/mol. The Morgan fingerprint density at radius 1 is 1.27 bits per heavy atom. The van der Waals surface area contributed by atoms with Gasteiger partial charge in [-0.05, 0) is 62.4 Å². The number of rotatable bonds is 2. The summed E-state index contributed by atoms with van der Waals surface area (Å²) in [6, 6.07) is 6.44. The van der Waals surface area contributed by atoms with Gasteiger partial charge in [-0.2, -0.15) is 0 Å². The molecule has 1 aliphatic rings. The summed E-state index contributed by atoms with van der Waals surface area (Å²) in [6.45, 7) is 6.30. The molecule has 80 valence electrons. The molecule has 0 bridgehead atoms. The lowest BCUT2D eigenvalue weighted by Crippen LogP contribution is -2.06. The zero-order valence-corrected chi connectivity index (χ0v) is 9.71. The van der Waals surface area contributed by atoms with Crippen LogP contribution >= 0.6 is 0 Å². The minimum Gasteiger partial charge on any atom is -0.491 e. The van der Waals surface area contributed by atoms with Crippen molar-refractivity contribution < 1.29 is 4.74 Å². The lowest BCUT2D eigenvalue weighted by Gasteiger charge is -2.17. The summed E-state index contributed by atoms with van der Waals surface area (Å²) in [6.07, 6.45) is 4.86. The topological polar surface area (TPSA) is 9.23 Å². The third-order valence-corrected chi connectivity index (χ3v) is 2.74. The van der Waals surface area contributed by atoms with E-state index >= 15 is 0 Å². The molecular formula is C14H18O. The van der Waals surface area contributed by atoms with Gasteiger partial charge in [0.25, 0.3) is 0 Å². The van der Waals surface area contributed by atoms with Crippen molar-refractivity contribution in [2.45, 2.75) is 39.7 Å². The van der Waals surface area contributed by atoms with Crippen LogP contribution in [0, 0.1) is 0 Å². The van der Waals surface area contributed by atoms with Gasteiger partial charge in [0.05, 0.1) is 6.10 Å². The molecule has 0 fully saturated rings. The molecule has 1 nitrogen and oxygen atoms in total. The summed E-state index contributed by atoms with van der Waals surface area (Å²) in [5, 5.41) is 0. The van der Waals surface area contributed by atoms with Gasteiger partial charge in [-0.15, -0.1) is 0 Å². The van der Waals surface area contributed by atoms with Gasteiger partial charge < -0.3 is 4.74 Å². The second kappa shape index (κ2) is 4.09. The van der Waals surface area contributed by atoms with E-state index in [1.807, 2.05) is 0 Å². The summed E-state index contributed by atoms with van der Waals surface area (Å²) < 4.78 is 5.70. The van der Waals surface area contributed by atoms with Crippen molar-refractivity contribution in [1.29, 1.82) is 0 Å². The Hall–Kier alpha value is -1.24. The summed E-state index contributed by atoms with van der Waals surface area (Å²) in [7, 11) is 0. The SMILES string of the molecule is CC1=CCCc2cc(OC(C)C)ccc21. The quantitative estimate of drug-likeness (QED) is 0.708. The van der Waals surface area contributed by atoms with Crippen LogP contribution in [0.4, 0.5) is 0 Å². The van der Waals surface area contributed by atoms with Crippen molar-refractivity contribution in [2.24, 2.45) is 0 Å². The normalized spacial score (nSPS) is 14.8. The van der Waals surface area contributed by atoms with E-state index in [2.05, 4.69) is 45.0 Å². The highest BCUT2D eigenvalue weighted by atomic mass is 16.5. The smallest absolute Gasteiger partial charge is 0.120 e. The maximum atomic E-state index is 5.70. The van der Waals surface area contributed by atoms with E-state index in [9.17, 15) is 0 Å². The molecule has 0 saturated heterocycles. The lowest BCUT2D eigenvalue weighted by atomic mass is 9.92. The van der Waals surface area contributed by atoms with E-state index < -0.39 is 0 Å². The monoisotopic (exact) mass is 202 g/mol. The Morgan fingerprint density at radius 3 is 2.80 bits per heavy atom.